The third kappa shape index (κ3) is 3.49. The lowest BCUT2D eigenvalue weighted by atomic mass is 10.0. The number of aromatic amines is 1. The number of carbonyl (C=O) groups is 1. The minimum Gasteiger partial charge on any atom is -0.396 e. The molecule has 0 saturated heterocycles. The smallest absolute Gasteiger partial charge is 0.274 e. The SMILES string of the molecule is CCc1cc(C(=O)N(C)C(CCO)c2ccccc2)n[nH]1. The Kier molecular flexibility index (Phi) is 5.11. The van der Waals surface area contributed by atoms with Gasteiger partial charge in [-0.05, 0) is 24.5 Å². The molecule has 5 nitrogen and oxygen atoms in total. The fourth-order valence-electron chi connectivity index (χ4n) is 2.36. The molecule has 0 aliphatic carbocycles. The van der Waals surface area contributed by atoms with Crippen molar-refractivity contribution in [2.45, 2.75) is 25.8 Å². The number of H-pyrrole nitrogens is 1. The standard InChI is InChI=1S/C16H21N3O2/c1-3-13-11-14(18-17-13)16(21)19(2)15(9-10-20)12-7-5-4-6-8-12/h4-8,11,15,20H,3,9-10H2,1-2H3,(H,17,18). The van der Waals surface area contributed by atoms with E-state index in [2.05, 4.69) is 10.2 Å². The van der Waals surface area contributed by atoms with E-state index in [-0.39, 0.29) is 18.6 Å². The first-order valence-corrected chi connectivity index (χ1v) is 7.14. The Labute approximate surface area is 124 Å². The average Bonchev–Trinajstić information content (AvgIpc) is 3.01. The molecule has 1 aromatic heterocycles. The number of aliphatic hydroxyl groups excluding tert-OH is 1. The van der Waals surface area contributed by atoms with Crippen LogP contribution in [-0.2, 0) is 6.42 Å². The highest BCUT2D eigenvalue weighted by atomic mass is 16.3. The Morgan fingerprint density at radius 2 is 2.10 bits per heavy atom. The van der Waals surface area contributed by atoms with Crippen LogP contribution in [0.1, 0.15) is 41.1 Å². The zero-order valence-corrected chi connectivity index (χ0v) is 12.4. The summed E-state index contributed by atoms with van der Waals surface area (Å²) in [6.45, 7) is 2.03. The van der Waals surface area contributed by atoms with E-state index in [9.17, 15) is 9.90 Å². The number of hydrogen-bond donors (Lipinski definition) is 2. The van der Waals surface area contributed by atoms with Crippen LogP contribution in [0.4, 0.5) is 0 Å². The topological polar surface area (TPSA) is 69.2 Å². The predicted octanol–water partition coefficient (Wildman–Crippen LogP) is 2.17. The Bertz CT molecular complexity index is 580. The quantitative estimate of drug-likeness (QED) is 0.855. The van der Waals surface area contributed by atoms with E-state index in [1.165, 1.54) is 0 Å². The molecule has 2 aromatic rings. The molecule has 0 radical (unpaired) electrons. The lowest BCUT2D eigenvalue weighted by Crippen LogP contribution is -2.32. The summed E-state index contributed by atoms with van der Waals surface area (Å²) in [5.41, 5.74) is 2.35. The van der Waals surface area contributed by atoms with Crippen molar-refractivity contribution in [3.8, 4) is 0 Å². The van der Waals surface area contributed by atoms with E-state index < -0.39 is 0 Å². The molecule has 5 heteroatoms. The molecule has 0 spiro atoms. The van der Waals surface area contributed by atoms with Crippen molar-refractivity contribution in [1.29, 1.82) is 0 Å². The molecule has 1 aromatic carbocycles. The molecule has 1 atom stereocenters. The molecule has 0 saturated carbocycles. The lowest BCUT2D eigenvalue weighted by Gasteiger charge is -2.27. The average molecular weight is 287 g/mol. The predicted molar refractivity (Wildman–Crippen MR) is 80.9 cm³/mol. The molecule has 0 aliphatic rings. The second-order valence-corrected chi connectivity index (χ2v) is 4.99. The summed E-state index contributed by atoms with van der Waals surface area (Å²) >= 11 is 0. The van der Waals surface area contributed by atoms with Crippen molar-refractivity contribution >= 4 is 5.91 Å². The van der Waals surface area contributed by atoms with Crippen LogP contribution in [0.3, 0.4) is 0 Å². The van der Waals surface area contributed by atoms with Gasteiger partial charge in [-0.3, -0.25) is 9.89 Å². The fourth-order valence-corrected chi connectivity index (χ4v) is 2.36. The Morgan fingerprint density at radius 1 is 1.38 bits per heavy atom. The molecule has 0 bridgehead atoms. The zero-order chi connectivity index (χ0) is 15.2. The minimum absolute atomic E-state index is 0.0258. The molecule has 1 amide bonds. The summed E-state index contributed by atoms with van der Waals surface area (Å²) in [7, 11) is 1.75. The first-order chi connectivity index (χ1) is 10.2. The number of nitrogens with zero attached hydrogens (tertiary/aromatic N) is 2. The Morgan fingerprint density at radius 3 is 2.67 bits per heavy atom. The van der Waals surface area contributed by atoms with E-state index in [0.717, 1.165) is 17.7 Å². The first kappa shape index (κ1) is 15.3. The molecule has 0 fully saturated rings. The van der Waals surface area contributed by atoms with Crippen LogP contribution < -0.4 is 0 Å². The van der Waals surface area contributed by atoms with Crippen LogP contribution in [0.25, 0.3) is 0 Å². The van der Waals surface area contributed by atoms with Crippen molar-refractivity contribution in [2.24, 2.45) is 0 Å². The van der Waals surface area contributed by atoms with Crippen LogP contribution in [0.2, 0.25) is 0 Å². The van der Waals surface area contributed by atoms with Gasteiger partial charge in [0.05, 0.1) is 6.04 Å². The highest BCUT2D eigenvalue weighted by Gasteiger charge is 2.23. The third-order valence-corrected chi connectivity index (χ3v) is 3.61. The van der Waals surface area contributed by atoms with E-state index in [1.807, 2.05) is 37.3 Å². The van der Waals surface area contributed by atoms with Crippen LogP contribution in [-0.4, -0.2) is 39.8 Å². The Hall–Kier alpha value is -2.14. The van der Waals surface area contributed by atoms with Crippen molar-refractivity contribution in [3.63, 3.8) is 0 Å². The maximum atomic E-state index is 12.5. The van der Waals surface area contributed by atoms with Gasteiger partial charge in [0.1, 0.15) is 5.69 Å². The van der Waals surface area contributed by atoms with Gasteiger partial charge in [0.15, 0.2) is 0 Å². The number of benzene rings is 1. The molecule has 2 N–H and O–H groups in total. The summed E-state index contributed by atoms with van der Waals surface area (Å²) in [5, 5.41) is 16.2. The normalized spacial score (nSPS) is 12.1. The van der Waals surface area contributed by atoms with Crippen molar-refractivity contribution in [3.05, 3.63) is 53.3 Å². The molecule has 1 unspecified atom stereocenters. The van der Waals surface area contributed by atoms with Crippen molar-refractivity contribution in [2.75, 3.05) is 13.7 Å². The van der Waals surface area contributed by atoms with Crippen molar-refractivity contribution in [1.82, 2.24) is 15.1 Å². The van der Waals surface area contributed by atoms with Gasteiger partial charge in [-0.25, -0.2) is 0 Å². The van der Waals surface area contributed by atoms with Crippen LogP contribution in [0.5, 0.6) is 0 Å². The number of aryl methyl sites for hydroxylation is 1. The summed E-state index contributed by atoms with van der Waals surface area (Å²) in [5.74, 6) is -0.145. The highest BCUT2D eigenvalue weighted by molar-refractivity contribution is 5.92. The lowest BCUT2D eigenvalue weighted by molar-refractivity contribution is 0.0699. The number of aromatic nitrogens is 2. The summed E-state index contributed by atoms with van der Waals surface area (Å²) in [4.78, 5) is 14.2. The number of carbonyl (C=O) groups excluding carboxylic acids is 1. The second-order valence-electron chi connectivity index (χ2n) is 4.99. The van der Waals surface area contributed by atoms with Gasteiger partial charge >= 0.3 is 0 Å². The molecule has 21 heavy (non-hydrogen) atoms. The zero-order valence-electron chi connectivity index (χ0n) is 12.4. The molecular formula is C16H21N3O2. The van der Waals surface area contributed by atoms with Gasteiger partial charge in [-0.2, -0.15) is 5.10 Å². The maximum absolute atomic E-state index is 12.5. The van der Waals surface area contributed by atoms with Gasteiger partial charge < -0.3 is 10.0 Å². The van der Waals surface area contributed by atoms with Crippen LogP contribution >= 0.6 is 0 Å². The monoisotopic (exact) mass is 287 g/mol. The number of aliphatic hydroxyl groups is 1. The van der Waals surface area contributed by atoms with Gasteiger partial charge in [0.2, 0.25) is 0 Å². The fraction of sp³-hybridized carbons (Fsp3) is 0.375. The Balaban J connectivity index is 2.21. The van der Waals surface area contributed by atoms with Gasteiger partial charge in [-0.15, -0.1) is 0 Å². The first-order valence-electron chi connectivity index (χ1n) is 7.14. The van der Waals surface area contributed by atoms with Crippen molar-refractivity contribution < 1.29 is 9.90 Å². The number of rotatable bonds is 6. The molecule has 112 valence electrons. The second kappa shape index (κ2) is 7.04. The summed E-state index contributed by atoms with van der Waals surface area (Å²) in [6, 6.07) is 11.3. The van der Waals surface area contributed by atoms with E-state index in [1.54, 1.807) is 18.0 Å². The van der Waals surface area contributed by atoms with Gasteiger partial charge in [0.25, 0.3) is 5.91 Å². The third-order valence-electron chi connectivity index (χ3n) is 3.61. The molecule has 1 heterocycles. The van der Waals surface area contributed by atoms with E-state index >= 15 is 0 Å². The maximum Gasteiger partial charge on any atom is 0.274 e. The minimum atomic E-state index is -0.162. The molecule has 0 aliphatic heterocycles. The summed E-state index contributed by atoms with van der Waals surface area (Å²) in [6.07, 6.45) is 1.31. The molecule has 2 rings (SSSR count). The number of hydrogen-bond acceptors (Lipinski definition) is 3. The van der Waals surface area contributed by atoms with Crippen LogP contribution in [0, 0.1) is 0 Å². The highest BCUT2D eigenvalue weighted by Crippen LogP contribution is 2.24. The molecular weight excluding hydrogens is 266 g/mol. The van der Waals surface area contributed by atoms with Gasteiger partial charge in [0, 0.05) is 19.3 Å². The summed E-state index contributed by atoms with van der Waals surface area (Å²) < 4.78 is 0. The number of amides is 1. The van der Waals surface area contributed by atoms with E-state index in [4.69, 9.17) is 0 Å². The largest absolute Gasteiger partial charge is 0.396 e. The van der Waals surface area contributed by atoms with Gasteiger partial charge in [-0.1, -0.05) is 37.3 Å². The number of nitrogens with one attached hydrogen (secondary N) is 1. The van der Waals surface area contributed by atoms with Crippen LogP contribution in [0.15, 0.2) is 36.4 Å². The van der Waals surface area contributed by atoms with E-state index in [0.29, 0.717) is 12.1 Å².